The number of hydrogen-bond acceptors (Lipinski definition) is 4. The van der Waals surface area contributed by atoms with Gasteiger partial charge in [-0.3, -0.25) is 0 Å². The maximum absolute atomic E-state index is 7.90. The number of fused-ring (bicyclic) bond motifs is 5. The van der Waals surface area contributed by atoms with Crippen molar-refractivity contribution in [1.29, 1.82) is 0 Å². The molecule has 0 aliphatic heterocycles. The van der Waals surface area contributed by atoms with Gasteiger partial charge in [-0.15, -0.1) is 0 Å². The van der Waals surface area contributed by atoms with Crippen LogP contribution in [0.3, 0.4) is 0 Å². The number of nitrogens with one attached hydrogen (secondary N) is 4. The van der Waals surface area contributed by atoms with E-state index in [0.29, 0.717) is 17.1 Å². The molecule has 0 heterocycles. The molecule has 0 saturated carbocycles. The van der Waals surface area contributed by atoms with Gasteiger partial charge in [-0.25, -0.2) is 0 Å². The molecule has 480 valence electrons. The van der Waals surface area contributed by atoms with E-state index in [1.807, 2.05) is 127 Å². The summed E-state index contributed by atoms with van der Waals surface area (Å²) in [4.78, 5) is 0. The van der Waals surface area contributed by atoms with Crippen LogP contribution in [0.25, 0.3) is 54.6 Å². The van der Waals surface area contributed by atoms with Gasteiger partial charge in [0, 0.05) is 58.8 Å². The third-order valence-corrected chi connectivity index (χ3v) is 21.5. The van der Waals surface area contributed by atoms with E-state index in [1.54, 1.807) is 24.3 Å². The summed E-state index contributed by atoms with van der Waals surface area (Å²) in [5, 5.41) is 22.3. The van der Waals surface area contributed by atoms with Crippen molar-refractivity contribution in [2.24, 2.45) is 0 Å². The average molecular weight is 1380 g/mol. The van der Waals surface area contributed by atoms with E-state index in [1.165, 1.54) is 79.0 Å². The van der Waals surface area contributed by atoms with Gasteiger partial charge in [-0.05, 0) is 164 Å². The SMILES string of the molecule is Clc1ccc(-c2cc3c4ccccc4c(-c4ccc(Cl)cc4)cc3c3ccccc23)cc1.[2H]C.[2H]C.[2H][2H].[2H][2H].[2H][2H].[2H][2H].[2H]c1c([2H])c([2H])c(Nc2cc[c]([Ge]([CH3])([CH3])[CH3])cc2)c([2H])c1[2H].[2H]c1c([2H])c([2H])c(Nc2ccc([Si](C)(C)C)cc2)c([2H])c1[2H].[2H]c1c([2H])c([2H])c(Nc2ccccc2)c([2H])c1[2H].c1ccc(Nc2ccccc2)cc1. The van der Waals surface area contributed by atoms with Crippen molar-refractivity contribution in [2.75, 3.05) is 21.3 Å². The van der Waals surface area contributed by atoms with Crippen LogP contribution in [0.2, 0.25) is 47.0 Å². The normalized spacial score (nSPS) is 13.3. The largest absolute Gasteiger partial charge is 0.356 e. The van der Waals surface area contributed by atoms with E-state index < -0.39 is 21.3 Å². The van der Waals surface area contributed by atoms with Gasteiger partial charge in [0.15, 0.2) is 0 Å². The Labute approximate surface area is 609 Å². The van der Waals surface area contributed by atoms with Crippen LogP contribution in [-0.4, -0.2) is 21.3 Å². The van der Waals surface area contributed by atoms with E-state index in [2.05, 4.69) is 155 Å². The first kappa shape index (κ1) is 46.5. The standard InChI is InChI=1S/C30H18Cl2.C15H19GeN.C15H19NSi.2C12H11N.2CH4.4H2/c31-21-13-9-19(10-14-21)27-17-30-26-8-4-2-6-24(26)28(20-11-15-22(32)16-12-20)18-29(30)25-7-3-1-5-23(25)27;1-16(2,3)13-9-11-15(12-10-13)17-14-7-5-4-6-8-14;1-17(2,3)15-11-9-14(10-12-15)16-13-7-5-4-6-8-13;2*1-3-7-11(8-4-1)13-12-9-5-2-6-10-12;;;;;;/h1-18H;4-12,17H,1-3H3;4-12,16H,1-3H3;2*1-10,13H;2*1H4;4*1H/i;2*4D,5D,6D,7D,8D;1D,3D,4D,7D,8D;;2*1D;4*1+1D. The Morgan fingerprint density at radius 1 is 0.330 bits per heavy atom. The van der Waals surface area contributed by atoms with Gasteiger partial charge in [0.2, 0.25) is 0 Å². The summed E-state index contributed by atoms with van der Waals surface area (Å²) in [6.07, 6.45) is 0. The summed E-state index contributed by atoms with van der Waals surface area (Å²) in [5.74, 6) is 6.91. The van der Waals surface area contributed by atoms with Crippen molar-refractivity contribution < 1.29 is 35.2 Å². The summed E-state index contributed by atoms with van der Waals surface area (Å²) in [6, 6.07) is 78.7. The van der Waals surface area contributed by atoms with Crippen molar-refractivity contribution in [1.82, 2.24) is 0 Å². The fraction of sp³-hybridized carbons (Fsp3) is 0.0930. The summed E-state index contributed by atoms with van der Waals surface area (Å²) in [6.45, 7) is 6.76. The number of para-hydroxylation sites is 6. The fourth-order valence-corrected chi connectivity index (χ4v) is 13.8. The van der Waals surface area contributed by atoms with Crippen molar-refractivity contribution in [3.63, 3.8) is 0 Å². The first-order valence-corrected chi connectivity index (χ1v) is 41.6. The predicted octanol–water partition coefficient (Wildman–Crippen LogP) is 26.9. The minimum atomic E-state index is -1.88. The van der Waals surface area contributed by atoms with Crippen molar-refractivity contribution in [3.05, 3.63) is 349 Å². The summed E-state index contributed by atoms with van der Waals surface area (Å²) in [7, 11) is 1.12. The predicted molar refractivity (Wildman–Crippen MR) is 432 cm³/mol. The molecule has 14 aromatic rings. The maximum atomic E-state index is 7.90. The molecule has 4 N–H and O–H groups in total. The molecule has 0 aromatic heterocycles. The van der Waals surface area contributed by atoms with Gasteiger partial charge in [0.05, 0.1) is 21.8 Å². The number of anilines is 8. The van der Waals surface area contributed by atoms with Crippen LogP contribution in [0.15, 0.2) is 339 Å². The Hall–Kier alpha value is -9.60. The molecule has 0 aliphatic rings. The maximum Gasteiger partial charge on any atom is 0.0775 e. The third-order valence-electron chi connectivity index (χ3n) is 14.6. The van der Waals surface area contributed by atoms with E-state index in [-0.39, 0.29) is 108 Å². The Kier molecular flexibility index (Phi) is 17.0. The molecule has 0 spiro atoms. The number of hydrogen-bond donors (Lipinski definition) is 4. The van der Waals surface area contributed by atoms with E-state index in [0.717, 1.165) is 21.4 Å². The Morgan fingerprint density at radius 2 is 0.606 bits per heavy atom. The third kappa shape index (κ3) is 20.2. The van der Waals surface area contributed by atoms with Crippen molar-refractivity contribution >= 4 is 132 Å². The Balaban J connectivity index is 0.000000310. The van der Waals surface area contributed by atoms with Gasteiger partial charge >= 0.3 is 113 Å². The van der Waals surface area contributed by atoms with Crippen LogP contribution >= 0.6 is 23.2 Å². The van der Waals surface area contributed by atoms with Crippen LogP contribution < -0.4 is 30.8 Å². The van der Waals surface area contributed by atoms with Gasteiger partial charge in [-0.2, -0.15) is 0 Å². The Bertz CT molecular complexity index is 5140. The summed E-state index contributed by atoms with van der Waals surface area (Å²) in [5.41, 5.74) is 9.41. The van der Waals surface area contributed by atoms with Crippen molar-refractivity contribution in [2.45, 2.75) is 51.7 Å². The van der Waals surface area contributed by atoms with Gasteiger partial charge in [-0.1, -0.05) is 239 Å². The molecular formula is C86H94Cl2GeN4Si. The summed E-state index contributed by atoms with van der Waals surface area (Å²) >= 11 is 10.5. The zero-order valence-corrected chi connectivity index (χ0v) is 58.5. The molecule has 8 heteroatoms. The van der Waals surface area contributed by atoms with Crippen LogP contribution in [0.1, 0.15) is 50.0 Å². The van der Waals surface area contributed by atoms with Gasteiger partial charge in [0.25, 0.3) is 0 Å². The minimum Gasteiger partial charge on any atom is -0.356 e. The van der Waals surface area contributed by atoms with Gasteiger partial charge in [0.1, 0.15) is 0 Å². The molecule has 4 nitrogen and oxygen atoms in total. The molecular weight excluding hydrogens is 1260 g/mol. The second kappa shape index (κ2) is 34.3. The average Bonchev–Trinajstić information content (AvgIpc) is 0.734. The quantitative estimate of drug-likeness (QED) is 0.0727. The molecule has 94 heavy (non-hydrogen) atoms. The van der Waals surface area contributed by atoms with E-state index in [4.69, 9.17) is 58.4 Å². The molecule has 0 fully saturated rings. The molecule has 0 atom stereocenters. The minimum absolute atomic E-state index is 0.0900. The number of benzene rings is 14. The zero-order chi connectivity index (χ0) is 89.2. The molecule has 14 rings (SSSR count). The monoisotopic (exact) mass is 1380 g/mol. The molecule has 0 saturated heterocycles. The molecule has 0 radical (unpaired) electrons. The second-order valence-corrected chi connectivity index (χ2v) is 39.9. The first-order chi connectivity index (χ1) is 56.9. The molecule has 0 amide bonds. The summed E-state index contributed by atoms with van der Waals surface area (Å²) < 4.78 is 168. The van der Waals surface area contributed by atoms with Crippen LogP contribution in [0.4, 0.5) is 45.5 Å². The Morgan fingerprint density at radius 3 is 0.915 bits per heavy atom. The smallest absolute Gasteiger partial charge is 0.0775 e. The van der Waals surface area contributed by atoms with E-state index in [9.17, 15) is 0 Å². The topological polar surface area (TPSA) is 48.1 Å². The molecule has 14 aromatic carbocycles. The van der Waals surface area contributed by atoms with Crippen LogP contribution in [0, 0.1) is 0 Å². The van der Waals surface area contributed by atoms with E-state index >= 15 is 0 Å². The molecule has 0 aliphatic carbocycles. The van der Waals surface area contributed by atoms with Gasteiger partial charge < -0.3 is 16.0 Å². The first-order valence-electron chi connectivity index (χ1n) is 43.5. The second-order valence-electron chi connectivity index (χ2n) is 23.3. The van der Waals surface area contributed by atoms with Crippen LogP contribution in [-0.2, 0) is 0 Å². The number of rotatable bonds is 12. The molecule has 0 unspecified atom stereocenters. The zero-order valence-electron chi connectivity index (χ0n) is 78.9. The fourth-order valence-electron chi connectivity index (χ4n) is 9.90. The number of halogens is 2. The molecule has 0 bridgehead atoms. The van der Waals surface area contributed by atoms with Crippen LogP contribution in [0.5, 0.6) is 0 Å². The van der Waals surface area contributed by atoms with Crippen molar-refractivity contribution in [3.8, 4) is 22.3 Å².